The molecule has 0 aliphatic heterocycles. The molecule has 1 aromatic rings. The number of carbonyl (C=O) groups excluding carboxylic acids is 3. The molecule has 0 aromatic heterocycles. The molecule has 33 heavy (non-hydrogen) atoms. The van der Waals surface area contributed by atoms with Crippen LogP contribution in [0.2, 0.25) is 0 Å². The van der Waals surface area contributed by atoms with Crippen molar-refractivity contribution in [3.63, 3.8) is 0 Å². The number of alkyl carbamates (subject to hydrolysis) is 1. The molecule has 0 aliphatic carbocycles. The Labute approximate surface area is 195 Å². The SMILES string of the molecule is CC(C)[C@H](NC(=O)[C@@H](NC(=O)CCCCCNC(=O)OCc1ccccc1)C(C)C)C(=O)O. The number of carboxylic acids is 1. The third-order valence-corrected chi connectivity index (χ3v) is 5.06. The fourth-order valence-corrected chi connectivity index (χ4v) is 3.09. The van der Waals surface area contributed by atoms with Crippen molar-refractivity contribution in [2.45, 2.75) is 72.1 Å². The smallest absolute Gasteiger partial charge is 0.407 e. The molecule has 9 nitrogen and oxygen atoms in total. The van der Waals surface area contributed by atoms with Crippen molar-refractivity contribution in [3.05, 3.63) is 35.9 Å². The number of hydrogen-bond acceptors (Lipinski definition) is 5. The molecule has 0 fully saturated rings. The van der Waals surface area contributed by atoms with Crippen molar-refractivity contribution in [2.75, 3.05) is 6.54 Å². The highest BCUT2D eigenvalue weighted by molar-refractivity contribution is 5.90. The number of aliphatic carboxylic acids is 1. The van der Waals surface area contributed by atoms with Gasteiger partial charge in [-0.15, -0.1) is 0 Å². The molecule has 3 amide bonds. The van der Waals surface area contributed by atoms with E-state index in [-0.39, 0.29) is 30.8 Å². The summed E-state index contributed by atoms with van der Waals surface area (Å²) in [4.78, 5) is 47.8. The summed E-state index contributed by atoms with van der Waals surface area (Å²) in [6, 6.07) is 7.58. The van der Waals surface area contributed by atoms with Crippen LogP contribution < -0.4 is 16.0 Å². The quantitative estimate of drug-likeness (QED) is 0.314. The minimum Gasteiger partial charge on any atom is -0.480 e. The highest BCUT2D eigenvalue weighted by atomic mass is 16.5. The molecule has 9 heteroatoms. The van der Waals surface area contributed by atoms with E-state index in [2.05, 4.69) is 16.0 Å². The maximum Gasteiger partial charge on any atom is 0.407 e. The third-order valence-electron chi connectivity index (χ3n) is 5.06. The number of amides is 3. The number of hydrogen-bond donors (Lipinski definition) is 4. The van der Waals surface area contributed by atoms with Gasteiger partial charge in [-0.2, -0.15) is 0 Å². The molecular weight excluding hydrogens is 426 g/mol. The molecular formula is C24H37N3O6. The van der Waals surface area contributed by atoms with E-state index >= 15 is 0 Å². The van der Waals surface area contributed by atoms with Gasteiger partial charge in [0.15, 0.2) is 0 Å². The van der Waals surface area contributed by atoms with E-state index < -0.39 is 30.1 Å². The molecule has 0 heterocycles. The van der Waals surface area contributed by atoms with Gasteiger partial charge in [0.05, 0.1) is 0 Å². The second kappa shape index (κ2) is 14.9. The zero-order valence-corrected chi connectivity index (χ0v) is 19.9. The predicted octanol–water partition coefficient (Wildman–Crippen LogP) is 2.84. The van der Waals surface area contributed by atoms with Crippen molar-refractivity contribution < 1.29 is 29.0 Å². The van der Waals surface area contributed by atoms with Crippen molar-refractivity contribution in [1.29, 1.82) is 0 Å². The summed E-state index contributed by atoms with van der Waals surface area (Å²) in [5.74, 6) is -2.35. The van der Waals surface area contributed by atoms with Crippen LogP contribution >= 0.6 is 0 Å². The monoisotopic (exact) mass is 463 g/mol. The average Bonchev–Trinajstić information content (AvgIpc) is 2.76. The van der Waals surface area contributed by atoms with Crippen LogP contribution in [0, 0.1) is 11.8 Å². The van der Waals surface area contributed by atoms with Crippen LogP contribution in [0.15, 0.2) is 30.3 Å². The average molecular weight is 464 g/mol. The molecule has 4 N–H and O–H groups in total. The van der Waals surface area contributed by atoms with Crippen LogP contribution in [0.4, 0.5) is 4.79 Å². The summed E-state index contributed by atoms with van der Waals surface area (Å²) in [5.41, 5.74) is 0.912. The first-order valence-electron chi connectivity index (χ1n) is 11.4. The van der Waals surface area contributed by atoms with Gasteiger partial charge in [0.25, 0.3) is 0 Å². The third kappa shape index (κ3) is 11.4. The fraction of sp³-hybridized carbons (Fsp3) is 0.583. The van der Waals surface area contributed by atoms with Crippen molar-refractivity contribution in [1.82, 2.24) is 16.0 Å². The van der Waals surface area contributed by atoms with Gasteiger partial charge in [0.2, 0.25) is 11.8 Å². The van der Waals surface area contributed by atoms with Gasteiger partial charge in [0, 0.05) is 13.0 Å². The number of nitrogens with one attached hydrogen (secondary N) is 3. The van der Waals surface area contributed by atoms with E-state index in [0.717, 1.165) is 12.0 Å². The number of carboxylic acid groups (broad SMARTS) is 1. The number of rotatable bonds is 14. The second-order valence-electron chi connectivity index (χ2n) is 8.66. The molecule has 0 radical (unpaired) electrons. The maximum atomic E-state index is 12.5. The van der Waals surface area contributed by atoms with E-state index in [4.69, 9.17) is 4.74 Å². The second-order valence-corrected chi connectivity index (χ2v) is 8.66. The molecule has 184 valence electrons. The van der Waals surface area contributed by atoms with Crippen molar-refractivity contribution in [2.24, 2.45) is 11.8 Å². The van der Waals surface area contributed by atoms with Gasteiger partial charge >= 0.3 is 12.1 Å². The first-order valence-corrected chi connectivity index (χ1v) is 11.4. The lowest BCUT2D eigenvalue weighted by Crippen LogP contribution is -2.54. The van der Waals surface area contributed by atoms with Crippen molar-refractivity contribution >= 4 is 23.9 Å². The minimum atomic E-state index is -1.11. The normalized spacial score (nSPS) is 12.7. The Kier molecular flexibility index (Phi) is 12.6. The summed E-state index contributed by atoms with van der Waals surface area (Å²) in [6.07, 6.45) is 1.77. The summed E-state index contributed by atoms with van der Waals surface area (Å²) >= 11 is 0. The lowest BCUT2D eigenvalue weighted by atomic mass is 10.00. The van der Waals surface area contributed by atoms with E-state index in [9.17, 15) is 24.3 Å². The first kappa shape index (κ1) is 27.9. The predicted molar refractivity (Wildman–Crippen MR) is 124 cm³/mol. The van der Waals surface area contributed by atoms with Crippen LogP contribution in [0.25, 0.3) is 0 Å². The molecule has 0 bridgehead atoms. The molecule has 0 unspecified atom stereocenters. The van der Waals surface area contributed by atoms with Gasteiger partial charge in [-0.05, 0) is 30.2 Å². The lowest BCUT2D eigenvalue weighted by molar-refractivity contribution is -0.143. The lowest BCUT2D eigenvalue weighted by Gasteiger charge is -2.25. The minimum absolute atomic E-state index is 0.193. The van der Waals surface area contributed by atoms with Gasteiger partial charge in [-0.3, -0.25) is 9.59 Å². The number of ether oxygens (including phenoxy) is 1. The molecule has 0 saturated heterocycles. The van der Waals surface area contributed by atoms with Gasteiger partial charge in [0.1, 0.15) is 18.7 Å². The standard InChI is InChI=1S/C24H37N3O6/c1-16(2)20(22(29)27-21(17(3)4)23(30)31)26-19(28)13-9-6-10-14-25-24(32)33-15-18-11-7-5-8-12-18/h5,7-8,11-12,16-17,20-21H,6,9-10,13-15H2,1-4H3,(H,25,32)(H,26,28)(H,27,29)(H,30,31)/t20-,21-/m0/s1. The van der Waals surface area contributed by atoms with Crippen LogP contribution in [-0.2, 0) is 25.7 Å². The molecule has 1 rings (SSSR count). The molecule has 2 atom stereocenters. The molecule has 1 aromatic carbocycles. The van der Waals surface area contributed by atoms with E-state index in [1.807, 2.05) is 30.3 Å². The number of unbranched alkanes of at least 4 members (excludes halogenated alkanes) is 2. The van der Waals surface area contributed by atoms with Gasteiger partial charge < -0.3 is 25.8 Å². The van der Waals surface area contributed by atoms with Crippen molar-refractivity contribution in [3.8, 4) is 0 Å². The van der Waals surface area contributed by atoms with Gasteiger partial charge in [-0.1, -0.05) is 64.4 Å². The Morgan fingerprint density at radius 3 is 2.09 bits per heavy atom. The summed E-state index contributed by atoms with van der Waals surface area (Å²) in [7, 11) is 0. The maximum absolute atomic E-state index is 12.5. The Balaban J connectivity index is 2.27. The fourth-order valence-electron chi connectivity index (χ4n) is 3.09. The summed E-state index contributed by atoms with van der Waals surface area (Å²) in [5, 5.41) is 17.2. The van der Waals surface area contributed by atoms with E-state index in [0.29, 0.717) is 19.4 Å². The summed E-state index contributed by atoms with van der Waals surface area (Å²) in [6.45, 7) is 7.65. The largest absolute Gasteiger partial charge is 0.480 e. The zero-order valence-electron chi connectivity index (χ0n) is 19.9. The zero-order chi connectivity index (χ0) is 24.8. The van der Waals surface area contributed by atoms with E-state index in [1.54, 1.807) is 27.7 Å². The molecule has 0 saturated carbocycles. The molecule has 0 spiro atoms. The number of benzene rings is 1. The highest BCUT2D eigenvalue weighted by Crippen LogP contribution is 2.08. The molecule has 0 aliphatic rings. The topological polar surface area (TPSA) is 134 Å². The summed E-state index contributed by atoms with van der Waals surface area (Å²) < 4.78 is 5.13. The Hall–Kier alpha value is -3.10. The Morgan fingerprint density at radius 1 is 0.879 bits per heavy atom. The Bertz CT molecular complexity index is 767. The highest BCUT2D eigenvalue weighted by Gasteiger charge is 2.29. The van der Waals surface area contributed by atoms with Crippen LogP contribution in [-0.4, -0.2) is 47.6 Å². The van der Waals surface area contributed by atoms with Gasteiger partial charge in [-0.25, -0.2) is 9.59 Å². The van der Waals surface area contributed by atoms with Crippen LogP contribution in [0.3, 0.4) is 0 Å². The number of carbonyl (C=O) groups is 4. The van der Waals surface area contributed by atoms with Crippen LogP contribution in [0.1, 0.15) is 58.9 Å². The van der Waals surface area contributed by atoms with E-state index in [1.165, 1.54) is 0 Å². The Morgan fingerprint density at radius 2 is 1.52 bits per heavy atom. The first-order chi connectivity index (χ1) is 15.6. The van der Waals surface area contributed by atoms with Crippen LogP contribution in [0.5, 0.6) is 0 Å².